The number of ether oxygens (including phenoxy) is 1. The molecule has 1 aromatic heterocycles. The van der Waals surface area contributed by atoms with Gasteiger partial charge in [-0.1, -0.05) is 18.2 Å². The third-order valence-corrected chi connectivity index (χ3v) is 2.51. The molecule has 0 aliphatic carbocycles. The Hall–Kier alpha value is -1.23. The molecule has 0 saturated carbocycles. The second-order valence-electron chi connectivity index (χ2n) is 2.84. The minimum Gasteiger partial charge on any atom is -0.417 e. The van der Waals surface area contributed by atoms with Crippen LogP contribution < -0.4 is 4.74 Å². The van der Waals surface area contributed by atoms with Gasteiger partial charge in [0.05, 0.1) is 5.52 Å². The van der Waals surface area contributed by atoms with Crippen molar-refractivity contribution in [1.29, 1.82) is 0 Å². The number of hydrogen-bond donors (Lipinski definition) is 0. The van der Waals surface area contributed by atoms with Crippen molar-refractivity contribution < 1.29 is 13.5 Å². The van der Waals surface area contributed by atoms with Gasteiger partial charge in [-0.2, -0.15) is 8.78 Å². The molecular formula is C10H6BrF2NO. The monoisotopic (exact) mass is 273 g/mol. The van der Waals surface area contributed by atoms with E-state index in [0.29, 0.717) is 9.99 Å². The summed E-state index contributed by atoms with van der Waals surface area (Å²) >= 11 is 3.27. The second-order valence-corrected chi connectivity index (χ2v) is 3.69. The molecule has 0 aliphatic rings. The molecule has 1 aromatic carbocycles. The van der Waals surface area contributed by atoms with Gasteiger partial charge in [0.2, 0.25) is 5.88 Å². The highest BCUT2D eigenvalue weighted by Gasteiger charge is 2.08. The molecule has 15 heavy (non-hydrogen) atoms. The Kier molecular flexibility index (Phi) is 2.81. The van der Waals surface area contributed by atoms with Crippen molar-refractivity contribution in [2.45, 2.75) is 6.61 Å². The summed E-state index contributed by atoms with van der Waals surface area (Å²) in [6, 6.07) is 8.64. The number of rotatable bonds is 2. The molecule has 2 rings (SSSR count). The summed E-state index contributed by atoms with van der Waals surface area (Å²) in [4.78, 5) is 3.94. The van der Waals surface area contributed by atoms with Crippen molar-refractivity contribution in [3.63, 3.8) is 0 Å². The fraction of sp³-hybridized carbons (Fsp3) is 0.100. The van der Waals surface area contributed by atoms with Crippen LogP contribution in [0.2, 0.25) is 0 Å². The Bertz CT molecular complexity index is 490. The minimum atomic E-state index is -2.86. The van der Waals surface area contributed by atoms with Crippen LogP contribution in [0, 0.1) is 0 Å². The molecule has 5 heteroatoms. The molecule has 0 bridgehead atoms. The normalized spacial score (nSPS) is 10.9. The van der Waals surface area contributed by atoms with Gasteiger partial charge in [-0.05, 0) is 22.0 Å². The average molecular weight is 274 g/mol. The molecule has 0 amide bonds. The Labute approximate surface area is 93.0 Å². The van der Waals surface area contributed by atoms with Crippen molar-refractivity contribution >= 4 is 26.8 Å². The zero-order valence-electron chi connectivity index (χ0n) is 7.45. The summed E-state index contributed by atoms with van der Waals surface area (Å²) in [7, 11) is 0. The Balaban J connectivity index is 2.52. The van der Waals surface area contributed by atoms with Crippen LogP contribution in [-0.4, -0.2) is 11.6 Å². The van der Waals surface area contributed by atoms with Gasteiger partial charge in [0, 0.05) is 15.9 Å². The third kappa shape index (κ3) is 2.23. The second kappa shape index (κ2) is 4.10. The van der Waals surface area contributed by atoms with Crippen LogP contribution >= 0.6 is 15.9 Å². The molecule has 2 aromatic rings. The van der Waals surface area contributed by atoms with E-state index in [1.54, 1.807) is 12.1 Å². The van der Waals surface area contributed by atoms with E-state index in [4.69, 9.17) is 0 Å². The van der Waals surface area contributed by atoms with Crippen LogP contribution in [-0.2, 0) is 0 Å². The largest absolute Gasteiger partial charge is 0.417 e. The van der Waals surface area contributed by atoms with E-state index in [2.05, 4.69) is 25.7 Å². The van der Waals surface area contributed by atoms with Gasteiger partial charge in [0.15, 0.2) is 0 Å². The molecule has 0 atom stereocenters. The van der Waals surface area contributed by atoms with E-state index in [0.717, 1.165) is 5.39 Å². The lowest BCUT2D eigenvalue weighted by Crippen LogP contribution is -2.03. The number of aromatic nitrogens is 1. The molecule has 0 saturated heterocycles. The van der Waals surface area contributed by atoms with Crippen LogP contribution in [0.15, 0.2) is 34.8 Å². The number of nitrogens with zero attached hydrogens (tertiary/aromatic N) is 1. The van der Waals surface area contributed by atoms with Gasteiger partial charge in [-0.25, -0.2) is 4.98 Å². The molecule has 0 radical (unpaired) electrons. The number of benzene rings is 1. The Morgan fingerprint density at radius 3 is 2.73 bits per heavy atom. The van der Waals surface area contributed by atoms with Gasteiger partial charge >= 0.3 is 6.61 Å². The molecule has 0 fully saturated rings. The standard InChI is InChI=1S/C10H6BrF2NO/c11-7-5-9(15-10(12)13)14-8-4-2-1-3-6(7)8/h1-5,10H. The first kappa shape index (κ1) is 10.3. The highest BCUT2D eigenvalue weighted by Crippen LogP contribution is 2.26. The number of hydrogen-bond acceptors (Lipinski definition) is 2. The lowest BCUT2D eigenvalue weighted by Gasteiger charge is -2.06. The summed E-state index contributed by atoms with van der Waals surface area (Å²) in [5.74, 6) is -0.0874. The predicted molar refractivity (Wildman–Crippen MR) is 56.1 cm³/mol. The van der Waals surface area contributed by atoms with E-state index in [1.165, 1.54) is 6.07 Å². The molecule has 0 N–H and O–H groups in total. The minimum absolute atomic E-state index is 0.0874. The van der Waals surface area contributed by atoms with Crippen LogP contribution in [0.4, 0.5) is 8.78 Å². The summed E-state index contributed by atoms with van der Waals surface area (Å²) in [5.41, 5.74) is 0.613. The fourth-order valence-electron chi connectivity index (χ4n) is 1.26. The zero-order chi connectivity index (χ0) is 10.8. The van der Waals surface area contributed by atoms with Crippen molar-refractivity contribution in [1.82, 2.24) is 4.98 Å². The molecule has 2 nitrogen and oxygen atoms in total. The maximum absolute atomic E-state index is 12.0. The lowest BCUT2D eigenvalue weighted by atomic mass is 10.2. The van der Waals surface area contributed by atoms with Gasteiger partial charge in [-0.3, -0.25) is 0 Å². The van der Waals surface area contributed by atoms with Crippen LogP contribution in [0.3, 0.4) is 0 Å². The van der Waals surface area contributed by atoms with Gasteiger partial charge in [-0.15, -0.1) is 0 Å². The molecule has 78 valence electrons. The summed E-state index contributed by atoms with van der Waals surface area (Å²) in [6.45, 7) is -2.86. The van der Waals surface area contributed by atoms with Gasteiger partial charge in [0.1, 0.15) is 0 Å². The van der Waals surface area contributed by atoms with Crippen molar-refractivity contribution in [2.24, 2.45) is 0 Å². The summed E-state index contributed by atoms with van der Waals surface area (Å²) in [5, 5.41) is 0.860. The number of fused-ring (bicyclic) bond motifs is 1. The predicted octanol–water partition coefficient (Wildman–Crippen LogP) is 3.60. The first-order valence-electron chi connectivity index (χ1n) is 4.17. The van der Waals surface area contributed by atoms with E-state index in [9.17, 15) is 8.78 Å². The van der Waals surface area contributed by atoms with E-state index in [1.807, 2.05) is 12.1 Å². The average Bonchev–Trinajstić information content (AvgIpc) is 2.16. The van der Waals surface area contributed by atoms with Gasteiger partial charge < -0.3 is 4.74 Å². The maximum Gasteiger partial charge on any atom is 0.388 e. The molecule has 0 unspecified atom stereocenters. The number of halogens is 3. The smallest absolute Gasteiger partial charge is 0.388 e. The highest BCUT2D eigenvalue weighted by molar-refractivity contribution is 9.10. The molecule has 0 spiro atoms. The molecular weight excluding hydrogens is 268 g/mol. The quantitative estimate of drug-likeness (QED) is 0.834. The van der Waals surface area contributed by atoms with Crippen LogP contribution in [0.5, 0.6) is 5.88 Å². The number of para-hydroxylation sites is 1. The summed E-state index contributed by atoms with van der Waals surface area (Å²) in [6.07, 6.45) is 0. The van der Waals surface area contributed by atoms with Crippen LogP contribution in [0.25, 0.3) is 10.9 Å². The fourth-order valence-corrected chi connectivity index (χ4v) is 1.79. The van der Waals surface area contributed by atoms with Crippen molar-refractivity contribution in [2.75, 3.05) is 0 Å². The maximum atomic E-state index is 12.0. The van der Waals surface area contributed by atoms with E-state index in [-0.39, 0.29) is 5.88 Å². The summed E-state index contributed by atoms with van der Waals surface area (Å²) < 4.78 is 28.9. The number of pyridine rings is 1. The van der Waals surface area contributed by atoms with E-state index >= 15 is 0 Å². The first-order chi connectivity index (χ1) is 7.16. The van der Waals surface area contributed by atoms with E-state index < -0.39 is 6.61 Å². The lowest BCUT2D eigenvalue weighted by molar-refractivity contribution is -0.0526. The molecule has 0 aliphatic heterocycles. The van der Waals surface area contributed by atoms with Gasteiger partial charge in [0.25, 0.3) is 0 Å². The third-order valence-electron chi connectivity index (χ3n) is 1.85. The molecule has 1 heterocycles. The first-order valence-corrected chi connectivity index (χ1v) is 4.96. The van der Waals surface area contributed by atoms with Crippen LogP contribution in [0.1, 0.15) is 0 Å². The zero-order valence-corrected chi connectivity index (χ0v) is 9.04. The SMILES string of the molecule is FC(F)Oc1cc(Br)c2ccccc2n1. The van der Waals surface area contributed by atoms with Crippen molar-refractivity contribution in [3.05, 3.63) is 34.8 Å². The number of alkyl halides is 2. The Morgan fingerprint density at radius 1 is 1.27 bits per heavy atom. The Morgan fingerprint density at radius 2 is 2.00 bits per heavy atom. The van der Waals surface area contributed by atoms with Crippen molar-refractivity contribution in [3.8, 4) is 5.88 Å². The highest BCUT2D eigenvalue weighted by atomic mass is 79.9. The topological polar surface area (TPSA) is 22.1 Å².